The van der Waals surface area contributed by atoms with Gasteiger partial charge in [-0.2, -0.15) is 0 Å². The summed E-state index contributed by atoms with van der Waals surface area (Å²) in [5, 5.41) is 5.94. The predicted molar refractivity (Wildman–Crippen MR) is 87.5 cm³/mol. The number of rotatable bonds is 5. The molecular weight excluding hydrogens is 262 g/mol. The first-order valence-corrected chi connectivity index (χ1v) is 8.50. The molecule has 0 saturated heterocycles. The highest BCUT2D eigenvalue weighted by atomic mass is 32.1. The topological polar surface area (TPSA) is 12.0 Å². The van der Waals surface area contributed by atoms with Crippen LogP contribution in [0.15, 0.2) is 35.7 Å². The monoisotopic (exact) mass is 285 g/mol. The Labute approximate surface area is 126 Å². The zero-order chi connectivity index (χ0) is 13.9. The highest BCUT2D eigenvalue weighted by molar-refractivity contribution is 7.10. The van der Waals surface area contributed by atoms with Crippen LogP contribution in [0.1, 0.15) is 47.3 Å². The Balaban J connectivity index is 1.50. The average molecular weight is 285 g/mol. The van der Waals surface area contributed by atoms with Crippen molar-refractivity contribution in [3.8, 4) is 0 Å². The van der Waals surface area contributed by atoms with Crippen LogP contribution < -0.4 is 5.32 Å². The van der Waals surface area contributed by atoms with E-state index in [1.165, 1.54) is 28.8 Å². The first-order chi connectivity index (χ1) is 9.78. The molecule has 1 nitrogen and oxygen atoms in total. The molecule has 0 radical (unpaired) electrons. The third kappa shape index (κ3) is 2.82. The van der Waals surface area contributed by atoms with Crippen molar-refractivity contribution in [2.75, 3.05) is 0 Å². The van der Waals surface area contributed by atoms with Crippen LogP contribution in [0.25, 0.3) is 0 Å². The van der Waals surface area contributed by atoms with Crippen LogP contribution >= 0.6 is 11.3 Å². The lowest BCUT2D eigenvalue weighted by Gasteiger charge is -2.37. The molecule has 1 aromatic carbocycles. The molecule has 3 rings (SSSR count). The minimum absolute atomic E-state index is 0.700. The molecular formula is C18H23NS. The van der Waals surface area contributed by atoms with E-state index in [1.807, 2.05) is 11.3 Å². The summed E-state index contributed by atoms with van der Waals surface area (Å²) in [6, 6.07) is 11.8. The molecule has 1 N–H and O–H groups in total. The number of thiophene rings is 1. The molecule has 0 unspecified atom stereocenters. The van der Waals surface area contributed by atoms with Gasteiger partial charge in [0.15, 0.2) is 0 Å². The number of nitrogens with one attached hydrogen (secondary N) is 1. The van der Waals surface area contributed by atoms with Crippen molar-refractivity contribution >= 4 is 11.3 Å². The second kappa shape index (κ2) is 6.11. The largest absolute Gasteiger partial charge is 0.309 e. The van der Waals surface area contributed by atoms with Gasteiger partial charge in [0.1, 0.15) is 0 Å². The van der Waals surface area contributed by atoms with E-state index in [0.717, 1.165) is 18.9 Å². The lowest BCUT2D eigenvalue weighted by Crippen LogP contribution is -2.39. The smallest absolute Gasteiger partial charge is 0.0305 e. The Kier molecular flexibility index (Phi) is 4.23. The molecule has 2 aromatic rings. The van der Waals surface area contributed by atoms with Crippen molar-refractivity contribution in [1.82, 2.24) is 5.32 Å². The van der Waals surface area contributed by atoms with Crippen molar-refractivity contribution in [3.63, 3.8) is 0 Å². The summed E-state index contributed by atoms with van der Waals surface area (Å²) in [5.41, 5.74) is 4.51. The lowest BCUT2D eigenvalue weighted by atomic mass is 9.74. The third-order valence-electron chi connectivity index (χ3n) is 4.54. The number of hydrogen-bond donors (Lipinski definition) is 1. The number of aryl methyl sites for hydroxylation is 2. The van der Waals surface area contributed by atoms with Crippen molar-refractivity contribution in [2.45, 2.75) is 51.6 Å². The van der Waals surface area contributed by atoms with Crippen LogP contribution in [0.5, 0.6) is 0 Å². The highest BCUT2D eigenvalue weighted by Gasteiger charge is 2.30. The Hall–Kier alpha value is -1.12. The van der Waals surface area contributed by atoms with Gasteiger partial charge in [0.2, 0.25) is 0 Å². The fourth-order valence-corrected chi connectivity index (χ4v) is 4.08. The van der Waals surface area contributed by atoms with Crippen molar-refractivity contribution in [3.05, 3.63) is 57.3 Å². The van der Waals surface area contributed by atoms with E-state index in [9.17, 15) is 0 Å². The van der Waals surface area contributed by atoms with Gasteiger partial charge in [0.25, 0.3) is 0 Å². The van der Waals surface area contributed by atoms with Gasteiger partial charge < -0.3 is 5.32 Å². The summed E-state index contributed by atoms with van der Waals surface area (Å²) >= 11 is 1.89. The normalized spacial score (nSPS) is 21.7. The average Bonchev–Trinajstić information content (AvgIpc) is 2.86. The maximum Gasteiger partial charge on any atom is 0.0305 e. The van der Waals surface area contributed by atoms with E-state index in [2.05, 4.69) is 54.9 Å². The van der Waals surface area contributed by atoms with E-state index < -0.39 is 0 Å². The molecule has 1 fully saturated rings. The second-order valence-electron chi connectivity index (χ2n) is 5.83. The first kappa shape index (κ1) is 13.8. The summed E-state index contributed by atoms with van der Waals surface area (Å²) < 4.78 is 0. The third-order valence-corrected chi connectivity index (χ3v) is 5.50. The maximum absolute atomic E-state index is 3.73. The van der Waals surface area contributed by atoms with Gasteiger partial charge in [0.05, 0.1) is 0 Å². The number of benzene rings is 1. The van der Waals surface area contributed by atoms with Gasteiger partial charge in [0, 0.05) is 17.5 Å². The molecule has 0 bridgehead atoms. The quantitative estimate of drug-likeness (QED) is 0.843. The molecule has 0 aliphatic heterocycles. The van der Waals surface area contributed by atoms with E-state index in [4.69, 9.17) is 0 Å². The zero-order valence-electron chi connectivity index (χ0n) is 12.4. The van der Waals surface area contributed by atoms with Crippen LogP contribution in [-0.4, -0.2) is 6.04 Å². The molecule has 0 amide bonds. The van der Waals surface area contributed by atoms with Crippen molar-refractivity contribution < 1.29 is 0 Å². The van der Waals surface area contributed by atoms with E-state index in [1.54, 1.807) is 5.56 Å². The second-order valence-corrected chi connectivity index (χ2v) is 6.83. The Morgan fingerprint density at radius 2 is 2.00 bits per heavy atom. The molecule has 1 aliphatic carbocycles. The Morgan fingerprint density at radius 1 is 1.20 bits per heavy atom. The van der Waals surface area contributed by atoms with Gasteiger partial charge in [-0.15, -0.1) is 11.3 Å². The minimum atomic E-state index is 0.700. The molecule has 20 heavy (non-hydrogen) atoms. The molecule has 1 heterocycles. The Morgan fingerprint density at radius 3 is 2.75 bits per heavy atom. The fraction of sp³-hybridized carbons (Fsp3) is 0.444. The van der Waals surface area contributed by atoms with Crippen LogP contribution in [0.4, 0.5) is 0 Å². The molecule has 1 aliphatic rings. The van der Waals surface area contributed by atoms with Gasteiger partial charge >= 0.3 is 0 Å². The summed E-state index contributed by atoms with van der Waals surface area (Å²) in [6.07, 6.45) is 3.73. The lowest BCUT2D eigenvalue weighted by molar-refractivity contribution is 0.289. The molecule has 0 atom stereocenters. The maximum atomic E-state index is 3.73. The Bertz CT molecular complexity index is 566. The van der Waals surface area contributed by atoms with Gasteiger partial charge in [-0.25, -0.2) is 0 Å². The summed E-state index contributed by atoms with van der Waals surface area (Å²) in [6.45, 7) is 5.52. The minimum Gasteiger partial charge on any atom is -0.309 e. The molecule has 1 saturated carbocycles. The number of hydrogen-bond acceptors (Lipinski definition) is 2. The standard InChI is InChI=1S/C18H23NS/c1-3-14-8-9-20-18(14)12-19-16-10-15(11-16)17-7-5-4-6-13(17)2/h4-9,15-16,19H,3,10-12H2,1-2H3. The van der Waals surface area contributed by atoms with Gasteiger partial charge in [-0.05, 0) is 60.2 Å². The predicted octanol–water partition coefficient (Wildman–Crippen LogP) is 4.65. The highest BCUT2D eigenvalue weighted by Crippen LogP contribution is 2.38. The summed E-state index contributed by atoms with van der Waals surface area (Å²) in [4.78, 5) is 1.52. The van der Waals surface area contributed by atoms with Gasteiger partial charge in [-0.3, -0.25) is 0 Å². The molecule has 1 aromatic heterocycles. The summed E-state index contributed by atoms with van der Waals surface area (Å²) in [7, 11) is 0. The van der Waals surface area contributed by atoms with E-state index in [-0.39, 0.29) is 0 Å². The van der Waals surface area contributed by atoms with Crippen molar-refractivity contribution in [2.24, 2.45) is 0 Å². The summed E-state index contributed by atoms with van der Waals surface area (Å²) in [5.74, 6) is 0.766. The molecule has 106 valence electrons. The van der Waals surface area contributed by atoms with E-state index >= 15 is 0 Å². The first-order valence-electron chi connectivity index (χ1n) is 7.62. The fourth-order valence-electron chi connectivity index (χ4n) is 3.16. The SMILES string of the molecule is CCc1ccsc1CNC1CC(c2ccccc2C)C1. The van der Waals surface area contributed by atoms with Crippen molar-refractivity contribution in [1.29, 1.82) is 0 Å². The molecule has 0 spiro atoms. The van der Waals surface area contributed by atoms with Crippen LogP contribution in [0, 0.1) is 6.92 Å². The van der Waals surface area contributed by atoms with E-state index in [0.29, 0.717) is 6.04 Å². The zero-order valence-corrected chi connectivity index (χ0v) is 13.2. The van der Waals surface area contributed by atoms with Gasteiger partial charge in [-0.1, -0.05) is 31.2 Å². The van der Waals surface area contributed by atoms with Crippen LogP contribution in [0.3, 0.4) is 0 Å². The van der Waals surface area contributed by atoms with Crippen LogP contribution in [-0.2, 0) is 13.0 Å². The van der Waals surface area contributed by atoms with Crippen LogP contribution in [0.2, 0.25) is 0 Å². The molecule has 2 heteroatoms.